The number of benzene rings is 2. The van der Waals surface area contributed by atoms with Crippen LogP contribution in [0, 0.1) is 0 Å². The molecule has 0 radical (unpaired) electrons. The molecule has 0 spiro atoms. The summed E-state index contributed by atoms with van der Waals surface area (Å²) >= 11 is 6.06. The van der Waals surface area contributed by atoms with Crippen molar-refractivity contribution in [3.05, 3.63) is 82.7 Å². The highest BCUT2D eigenvalue weighted by molar-refractivity contribution is 6.30. The van der Waals surface area contributed by atoms with Gasteiger partial charge < -0.3 is 19.8 Å². The number of amides is 2. The first kappa shape index (κ1) is 23.2. The van der Waals surface area contributed by atoms with Gasteiger partial charge in [-0.05, 0) is 55.0 Å². The smallest absolute Gasteiger partial charge is 0.267 e. The van der Waals surface area contributed by atoms with Crippen molar-refractivity contribution < 1.29 is 18.7 Å². The van der Waals surface area contributed by atoms with Crippen LogP contribution in [0.5, 0.6) is 5.75 Å². The third-order valence-corrected chi connectivity index (χ3v) is 4.92. The molecule has 7 heteroatoms. The fourth-order valence-corrected chi connectivity index (χ4v) is 3.13. The Labute approximate surface area is 192 Å². The minimum atomic E-state index is -0.411. The number of furan rings is 1. The molecule has 0 aliphatic carbocycles. The fraction of sp³-hybridized carbons (Fsp3) is 0.200. The zero-order valence-electron chi connectivity index (χ0n) is 18.0. The second kappa shape index (κ2) is 11.2. The maximum absolute atomic E-state index is 12.7. The van der Waals surface area contributed by atoms with E-state index in [1.807, 2.05) is 19.1 Å². The maximum Gasteiger partial charge on any atom is 0.267 e. The van der Waals surface area contributed by atoms with E-state index in [9.17, 15) is 9.59 Å². The molecule has 0 saturated heterocycles. The van der Waals surface area contributed by atoms with E-state index >= 15 is 0 Å². The zero-order valence-corrected chi connectivity index (χ0v) is 18.7. The van der Waals surface area contributed by atoms with Gasteiger partial charge in [-0.25, -0.2) is 0 Å². The number of halogens is 1. The molecule has 3 aromatic rings. The van der Waals surface area contributed by atoms with Crippen LogP contribution in [-0.2, 0) is 4.79 Å². The lowest BCUT2D eigenvalue weighted by Gasteiger charge is -2.11. The van der Waals surface area contributed by atoms with Crippen LogP contribution in [0.25, 0.3) is 17.4 Å². The Bertz CT molecular complexity index is 1100. The summed E-state index contributed by atoms with van der Waals surface area (Å²) in [6.07, 6.45) is 3.29. The van der Waals surface area contributed by atoms with Crippen LogP contribution in [0.15, 0.2) is 70.8 Å². The quantitative estimate of drug-likeness (QED) is 0.341. The lowest BCUT2D eigenvalue weighted by molar-refractivity contribution is -0.117. The summed E-state index contributed by atoms with van der Waals surface area (Å²) in [7, 11) is 1.55. The van der Waals surface area contributed by atoms with Crippen LogP contribution in [0.4, 0.5) is 0 Å². The standard InChI is InChI=1S/C25H25ClN2O4/c1-3-4-14-27-25(30)22(28-24(29)17-8-10-20(31-2)11-9-17)16-21-12-13-23(32-21)18-6-5-7-19(26)15-18/h5-13,15-16H,3-4,14H2,1-2H3,(H,27,30)(H,28,29). The highest BCUT2D eigenvalue weighted by Crippen LogP contribution is 2.25. The van der Waals surface area contributed by atoms with Crippen LogP contribution in [-0.4, -0.2) is 25.5 Å². The largest absolute Gasteiger partial charge is 0.497 e. The number of unbranched alkanes of at least 4 members (excludes halogenated alkanes) is 1. The molecule has 0 fully saturated rings. The molecule has 6 nitrogen and oxygen atoms in total. The monoisotopic (exact) mass is 452 g/mol. The highest BCUT2D eigenvalue weighted by atomic mass is 35.5. The first-order chi connectivity index (χ1) is 15.5. The SMILES string of the molecule is CCCCNC(=O)C(=Cc1ccc(-c2cccc(Cl)c2)o1)NC(=O)c1ccc(OC)cc1. The summed E-state index contributed by atoms with van der Waals surface area (Å²) in [5, 5.41) is 6.11. The van der Waals surface area contributed by atoms with Gasteiger partial charge in [0.2, 0.25) is 0 Å². The number of rotatable bonds is 9. The molecule has 0 unspecified atom stereocenters. The Morgan fingerprint density at radius 3 is 2.56 bits per heavy atom. The summed E-state index contributed by atoms with van der Waals surface area (Å²) < 4.78 is 11.0. The lowest BCUT2D eigenvalue weighted by atomic mass is 10.2. The van der Waals surface area contributed by atoms with Gasteiger partial charge in [0.15, 0.2) is 0 Å². The van der Waals surface area contributed by atoms with Gasteiger partial charge >= 0.3 is 0 Å². The number of carbonyl (C=O) groups is 2. The molecule has 0 aliphatic rings. The average molecular weight is 453 g/mol. The molecule has 166 valence electrons. The van der Waals surface area contributed by atoms with E-state index in [0.717, 1.165) is 18.4 Å². The number of carbonyl (C=O) groups excluding carboxylic acids is 2. The highest BCUT2D eigenvalue weighted by Gasteiger charge is 2.16. The molecule has 2 N–H and O–H groups in total. The van der Waals surface area contributed by atoms with Gasteiger partial charge in [0.05, 0.1) is 7.11 Å². The van der Waals surface area contributed by atoms with Gasteiger partial charge in [-0.15, -0.1) is 0 Å². The van der Waals surface area contributed by atoms with E-state index in [4.69, 9.17) is 20.8 Å². The predicted molar refractivity (Wildman–Crippen MR) is 126 cm³/mol. The second-order valence-corrected chi connectivity index (χ2v) is 7.50. The molecule has 2 amide bonds. The Kier molecular flexibility index (Phi) is 8.11. The molecular formula is C25H25ClN2O4. The van der Waals surface area contributed by atoms with Crippen LogP contribution in [0.1, 0.15) is 35.9 Å². The molecule has 32 heavy (non-hydrogen) atoms. The molecule has 0 saturated carbocycles. The predicted octanol–water partition coefficient (Wildman–Crippen LogP) is 5.30. The molecule has 0 aliphatic heterocycles. The minimum absolute atomic E-state index is 0.0916. The third kappa shape index (κ3) is 6.25. The fourth-order valence-electron chi connectivity index (χ4n) is 2.94. The Morgan fingerprint density at radius 1 is 1.09 bits per heavy atom. The van der Waals surface area contributed by atoms with Crippen LogP contribution >= 0.6 is 11.6 Å². The van der Waals surface area contributed by atoms with E-state index in [-0.39, 0.29) is 11.6 Å². The van der Waals surface area contributed by atoms with Crippen molar-refractivity contribution in [2.45, 2.75) is 19.8 Å². The van der Waals surface area contributed by atoms with Gasteiger partial charge in [0.25, 0.3) is 11.8 Å². The van der Waals surface area contributed by atoms with Crippen LogP contribution in [0.3, 0.4) is 0 Å². The first-order valence-electron chi connectivity index (χ1n) is 10.3. The summed E-state index contributed by atoms with van der Waals surface area (Å²) in [4.78, 5) is 25.5. The van der Waals surface area contributed by atoms with E-state index in [1.165, 1.54) is 6.08 Å². The lowest BCUT2D eigenvalue weighted by Crippen LogP contribution is -2.35. The van der Waals surface area contributed by atoms with Gasteiger partial charge in [-0.3, -0.25) is 9.59 Å². The van der Waals surface area contributed by atoms with E-state index in [0.29, 0.717) is 34.4 Å². The van der Waals surface area contributed by atoms with Crippen molar-refractivity contribution in [2.75, 3.05) is 13.7 Å². The summed E-state index contributed by atoms with van der Waals surface area (Å²) in [5.41, 5.74) is 1.31. The Hall–Kier alpha value is -3.51. The topological polar surface area (TPSA) is 80.6 Å². The average Bonchev–Trinajstić information content (AvgIpc) is 3.27. The number of ether oxygens (including phenoxy) is 1. The molecule has 1 aromatic heterocycles. The second-order valence-electron chi connectivity index (χ2n) is 7.06. The summed E-state index contributed by atoms with van der Waals surface area (Å²) in [5.74, 6) is 0.868. The van der Waals surface area contributed by atoms with E-state index in [1.54, 1.807) is 55.6 Å². The molecule has 2 aromatic carbocycles. The van der Waals surface area contributed by atoms with Crippen LogP contribution in [0.2, 0.25) is 5.02 Å². The number of hydrogen-bond donors (Lipinski definition) is 2. The van der Waals surface area contributed by atoms with E-state index < -0.39 is 5.91 Å². The Morgan fingerprint density at radius 2 is 1.88 bits per heavy atom. The van der Waals surface area contributed by atoms with Gasteiger partial charge in [0.1, 0.15) is 23.0 Å². The molecular weight excluding hydrogens is 428 g/mol. The van der Waals surface area contributed by atoms with Crippen molar-refractivity contribution in [3.63, 3.8) is 0 Å². The normalized spacial score (nSPS) is 11.2. The maximum atomic E-state index is 12.7. The molecule has 1 heterocycles. The van der Waals surface area contributed by atoms with Crippen molar-refractivity contribution in [1.29, 1.82) is 0 Å². The van der Waals surface area contributed by atoms with Crippen LogP contribution < -0.4 is 15.4 Å². The number of hydrogen-bond acceptors (Lipinski definition) is 4. The van der Waals surface area contributed by atoms with Crippen molar-refractivity contribution in [3.8, 4) is 17.1 Å². The molecule has 3 rings (SSSR count). The zero-order chi connectivity index (χ0) is 22.9. The number of nitrogens with one attached hydrogen (secondary N) is 2. The number of methoxy groups -OCH3 is 1. The molecule has 0 bridgehead atoms. The molecule has 0 atom stereocenters. The van der Waals surface area contributed by atoms with Gasteiger partial charge in [-0.1, -0.05) is 37.1 Å². The van der Waals surface area contributed by atoms with Gasteiger partial charge in [0, 0.05) is 28.8 Å². The Balaban J connectivity index is 1.84. The van der Waals surface area contributed by atoms with Crippen molar-refractivity contribution in [2.24, 2.45) is 0 Å². The van der Waals surface area contributed by atoms with Crippen molar-refractivity contribution in [1.82, 2.24) is 10.6 Å². The summed E-state index contributed by atoms with van der Waals surface area (Å²) in [6, 6.07) is 17.4. The van der Waals surface area contributed by atoms with Crippen molar-refractivity contribution >= 4 is 29.5 Å². The minimum Gasteiger partial charge on any atom is -0.497 e. The first-order valence-corrected chi connectivity index (χ1v) is 10.7. The summed E-state index contributed by atoms with van der Waals surface area (Å²) in [6.45, 7) is 2.55. The van der Waals surface area contributed by atoms with Gasteiger partial charge in [-0.2, -0.15) is 0 Å². The third-order valence-electron chi connectivity index (χ3n) is 4.68. The van der Waals surface area contributed by atoms with E-state index in [2.05, 4.69) is 10.6 Å².